The average molecular weight is 734 g/mol. The third-order valence-electron chi connectivity index (χ3n) is 9.07. The van der Waals surface area contributed by atoms with Crippen molar-refractivity contribution < 1.29 is 32.6 Å². The molecule has 288 valence electrons. The van der Waals surface area contributed by atoms with Crippen LogP contribution in [0.15, 0.2) is 18.3 Å². The van der Waals surface area contributed by atoms with E-state index in [0.717, 1.165) is 31.2 Å². The molecule has 3 atom stereocenters. The van der Waals surface area contributed by atoms with Gasteiger partial charge in [0, 0.05) is 30.2 Å². The molecule has 0 spiro atoms. The molecule has 1 fully saturated rings. The molecule has 0 bridgehead atoms. The Morgan fingerprint density at radius 2 is 1.63 bits per heavy atom. The number of carbonyl (C=O) groups excluding carboxylic acids is 2. The molecule has 0 aliphatic heterocycles. The number of rotatable bonds is 11. The van der Waals surface area contributed by atoms with E-state index in [4.69, 9.17) is 23.7 Å². The lowest BCUT2D eigenvalue weighted by Gasteiger charge is -2.38. The van der Waals surface area contributed by atoms with Gasteiger partial charge >= 0.3 is 12.2 Å². The molecule has 2 aromatic heterocycles. The highest BCUT2D eigenvalue weighted by Crippen LogP contribution is 2.44. The lowest BCUT2D eigenvalue weighted by molar-refractivity contribution is 0.0503. The van der Waals surface area contributed by atoms with Crippen LogP contribution < -0.4 is 15.0 Å². The minimum atomic E-state index is -1.96. The van der Waals surface area contributed by atoms with Crippen LogP contribution in [0.1, 0.15) is 134 Å². The Balaban J connectivity index is 1.90. The summed E-state index contributed by atoms with van der Waals surface area (Å²) in [6.45, 7) is 30.2. The van der Waals surface area contributed by atoms with Gasteiger partial charge in [-0.2, -0.15) is 5.10 Å². The van der Waals surface area contributed by atoms with Gasteiger partial charge < -0.3 is 24.0 Å². The first-order valence-corrected chi connectivity index (χ1v) is 21.2. The van der Waals surface area contributed by atoms with E-state index in [1.54, 1.807) is 25.5 Å². The summed E-state index contributed by atoms with van der Waals surface area (Å²) in [5, 5.41) is 7.98. The van der Waals surface area contributed by atoms with Gasteiger partial charge in [-0.3, -0.25) is 0 Å². The molecule has 0 unspecified atom stereocenters. The second-order valence-corrected chi connectivity index (χ2v) is 23.1. The van der Waals surface area contributed by atoms with Gasteiger partial charge in [-0.25, -0.2) is 28.5 Å². The number of nitrogens with one attached hydrogen (secondary N) is 1. The molecule has 0 radical (unpaired) electrons. The van der Waals surface area contributed by atoms with E-state index in [9.17, 15) is 9.59 Å². The standard InChI is InChI=1S/C38H64FN5O6Si/c1-25(41-33(45)48-36(5,6)7)17-16-20-47-31-23-30(28(39)24-40-31)43(34(46)49-37(8,9)10)32-22-29(42-44(32)35(2,3)4)26-18-19-27(21-26)50-51(14,15)38(11,12)13/h22-27H,16-21H2,1-15H3,(H,41,45)/t25-,26-,27+/m0/s1. The number of pyridine rings is 1. The molecule has 13 heteroatoms. The van der Waals surface area contributed by atoms with Crippen molar-refractivity contribution in [3.05, 3.63) is 29.8 Å². The molecule has 0 saturated heterocycles. The molecule has 2 amide bonds. The number of halogens is 1. The molecule has 1 aliphatic carbocycles. The number of ether oxygens (including phenoxy) is 3. The number of amides is 2. The van der Waals surface area contributed by atoms with Gasteiger partial charge in [0.05, 0.1) is 29.7 Å². The zero-order valence-electron chi connectivity index (χ0n) is 33.8. The Kier molecular flexibility index (Phi) is 13.1. The molecular weight excluding hydrogens is 670 g/mol. The quantitative estimate of drug-likeness (QED) is 0.179. The van der Waals surface area contributed by atoms with E-state index in [0.29, 0.717) is 18.7 Å². The maximum Gasteiger partial charge on any atom is 0.420 e. The summed E-state index contributed by atoms with van der Waals surface area (Å²) in [6.07, 6.45) is 3.82. The number of alkyl carbamates (subject to hydrolysis) is 1. The molecule has 11 nitrogen and oxygen atoms in total. The minimum absolute atomic E-state index is 0.0586. The van der Waals surface area contributed by atoms with Crippen molar-refractivity contribution in [3.8, 4) is 5.88 Å². The van der Waals surface area contributed by atoms with Gasteiger partial charge in [-0.15, -0.1) is 0 Å². The number of nitrogens with zero attached hydrogens (tertiary/aromatic N) is 4. The monoisotopic (exact) mass is 733 g/mol. The van der Waals surface area contributed by atoms with Gasteiger partial charge in [0.2, 0.25) is 5.88 Å². The Bertz CT molecular complexity index is 1500. The highest BCUT2D eigenvalue weighted by atomic mass is 28.4. The smallest absolute Gasteiger partial charge is 0.420 e. The van der Waals surface area contributed by atoms with Gasteiger partial charge in [0.1, 0.15) is 17.0 Å². The van der Waals surface area contributed by atoms with Crippen molar-refractivity contribution in [2.24, 2.45) is 0 Å². The van der Waals surface area contributed by atoms with Crippen LogP contribution in [0.2, 0.25) is 18.1 Å². The van der Waals surface area contributed by atoms with Gasteiger partial charge in [0.15, 0.2) is 14.1 Å². The van der Waals surface area contributed by atoms with Crippen LogP contribution in [-0.2, 0) is 19.4 Å². The van der Waals surface area contributed by atoms with E-state index >= 15 is 4.39 Å². The maximum absolute atomic E-state index is 15.8. The lowest BCUT2D eigenvalue weighted by atomic mass is 10.0. The number of anilines is 2. The first kappa shape index (κ1) is 42.2. The summed E-state index contributed by atoms with van der Waals surface area (Å²) in [7, 11) is -1.96. The first-order valence-electron chi connectivity index (χ1n) is 18.3. The highest BCUT2D eigenvalue weighted by molar-refractivity contribution is 6.74. The van der Waals surface area contributed by atoms with E-state index in [1.807, 2.05) is 54.5 Å². The lowest BCUT2D eigenvalue weighted by Crippen LogP contribution is -2.43. The average Bonchev–Trinajstić information content (AvgIpc) is 3.57. The summed E-state index contributed by atoms with van der Waals surface area (Å²) in [5.41, 5.74) is -1.22. The summed E-state index contributed by atoms with van der Waals surface area (Å²) in [4.78, 5) is 31.5. The second kappa shape index (κ2) is 15.8. The molecule has 2 heterocycles. The molecule has 1 N–H and O–H groups in total. The molecule has 51 heavy (non-hydrogen) atoms. The Hall–Kier alpha value is -3.19. The largest absolute Gasteiger partial charge is 0.478 e. The summed E-state index contributed by atoms with van der Waals surface area (Å²) in [6, 6.07) is 3.15. The predicted octanol–water partition coefficient (Wildman–Crippen LogP) is 9.98. The Morgan fingerprint density at radius 1 is 1.00 bits per heavy atom. The van der Waals surface area contributed by atoms with Gasteiger partial charge in [-0.05, 0) is 119 Å². The Labute approximate surface area is 306 Å². The van der Waals surface area contributed by atoms with Crippen molar-refractivity contribution in [2.45, 2.75) is 175 Å². The van der Waals surface area contributed by atoms with Crippen molar-refractivity contribution in [2.75, 3.05) is 11.5 Å². The third kappa shape index (κ3) is 12.2. The fourth-order valence-electron chi connectivity index (χ4n) is 5.58. The normalized spacial score (nSPS) is 18.0. The highest BCUT2D eigenvalue weighted by Gasteiger charge is 2.42. The maximum atomic E-state index is 15.8. The molecular formula is C38H64FN5O6Si. The predicted molar refractivity (Wildman–Crippen MR) is 202 cm³/mol. The SMILES string of the molecule is C[C@@H](CCCOc1cc(N(C(=O)OC(C)(C)C)c2cc([C@H]3CC[C@@H](O[Si](C)(C)C(C)(C)C)C3)nn2C(C)(C)C)c(F)cn1)NC(=O)OC(C)(C)C. The second-order valence-electron chi connectivity index (χ2n) is 18.3. The fraction of sp³-hybridized carbons (Fsp3) is 0.737. The Morgan fingerprint density at radius 3 is 2.20 bits per heavy atom. The molecule has 0 aromatic carbocycles. The van der Waals surface area contributed by atoms with Crippen LogP contribution in [0.5, 0.6) is 5.88 Å². The number of aromatic nitrogens is 3. The van der Waals surface area contributed by atoms with E-state index in [1.165, 1.54) is 11.0 Å². The summed E-state index contributed by atoms with van der Waals surface area (Å²) in [5.74, 6) is -0.0546. The van der Waals surface area contributed by atoms with Crippen molar-refractivity contribution in [1.82, 2.24) is 20.1 Å². The van der Waals surface area contributed by atoms with Crippen LogP contribution in [0.3, 0.4) is 0 Å². The van der Waals surface area contributed by atoms with Crippen molar-refractivity contribution in [1.29, 1.82) is 0 Å². The zero-order chi connectivity index (χ0) is 38.7. The molecule has 2 aromatic rings. The topological polar surface area (TPSA) is 117 Å². The van der Waals surface area contributed by atoms with Crippen molar-refractivity contribution in [3.63, 3.8) is 0 Å². The van der Waals surface area contributed by atoms with Crippen LogP contribution in [0.4, 0.5) is 25.5 Å². The van der Waals surface area contributed by atoms with E-state index < -0.39 is 43.1 Å². The van der Waals surface area contributed by atoms with Crippen LogP contribution in [0, 0.1) is 5.82 Å². The minimum Gasteiger partial charge on any atom is -0.478 e. The van der Waals surface area contributed by atoms with Gasteiger partial charge in [0.25, 0.3) is 0 Å². The van der Waals surface area contributed by atoms with Crippen LogP contribution in [0.25, 0.3) is 0 Å². The molecule has 1 saturated carbocycles. The number of hydrogen-bond donors (Lipinski definition) is 1. The first-order chi connectivity index (χ1) is 23.2. The van der Waals surface area contributed by atoms with Gasteiger partial charge in [-0.1, -0.05) is 20.8 Å². The summed E-state index contributed by atoms with van der Waals surface area (Å²) >= 11 is 0. The fourth-order valence-corrected chi connectivity index (χ4v) is 6.98. The zero-order valence-corrected chi connectivity index (χ0v) is 34.8. The molecule has 3 rings (SSSR count). The number of hydrogen-bond acceptors (Lipinski definition) is 8. The van der Waals surface area contributed by atoms with Crippen LogP contribution >= 0.6 is 0 Å². The van der Waals surface area contributed by atoms with E-state index in [2.05, 4.69) is 44.2 Å². The number of carbonyl (C=O) groups is 2. The third-order valence-corrected chi connectivity index (χ3v) is 13.6. The van der Waals surface area contributed by atoms with E-state index in [-0.39, 0.29) is 41.3 Å². The van der Waals surface area contributed by atoms with Crippen molar-refractivity contribution >= 4 is 32.0 Å². The van der Waals surface area contributed by atoms with Crippen LogP contribution in [-0.4, -0.2) is 65.2 Å². The summed E-state index contributed by atoms with van der Waals surface area (Å²) < 4.78 is 41.5. The molecule has 1 aliphatic rings.